The molecule has 1 fully saturated rings. The standard InChI is InChI=1S/C16H25N3O2S/c1-2-22(20,21)19-11-9-18(10-12-19)13-16-15-6-4-3-5-14(15)7-8-17-16/h7-8H,2-6,9-13H2,1H3. The molecule has 1 saturated heterocycles. The molecule has 1 aliphatic carbocycles. The van der Waals surface area contributed by atoms with E-state index in [1.807, 2.05) is 6.20 Å². The van der Waals surface area contributed by atoms with Crippen molar-refractivity contribution in [2.24, 2.45) is 0 Å². The Balaban J connectivity index is 1.64. The number of hydrogen-bond acceptors (Lipinski definition) is 4. The van der Waals surface area contributed by atoms with Crippen LogP contribution in [0.1, 0.15) is 36.6 Å². The van der Waals surface area contributed by atoms with Crippen LogP contribution in [0.15, 0.2) is 12.3 Å². The highest BCUT2D eigenvalue weighted by atomic mass is 32.2. The molecule has 3 rings (SSSR count). The molecule has 2 heterocycles. The number of piperazine rings is 1. The van der Waals surface area contributed by atoms with Gasteiger partial charge in [0.25, 0.3) is 0 Å². The Labute approximate surface area is 133 Å². The van der Waals surface area contributed by atoms with E-state index < -0.39 is 10.0 Å². The van der Waals surface area contributed by atoms with E-state index in [0.29, 0.717) is 13.1 Å². The van der Waals surface area contributed by atoms with Gasteiger partial charge in [0.15, 0.2) is 0 Å². The molecule has 122 valence electrons. The molecule has 0 radical (unpaired) electrons. The third kappa shape index (κ3) is 3.34. The van der Waals surface area contributed by atoms with Gasteiger partial charge in [0.2, 0.25) is 10.0 Å². The molecule has 0 saturated carbocycles. The van der Waals surface area contributed by atoms with Crippen molar-refractivity contribution in [3.05, 3.63) is 29.1 Å². The van der Waals surface area contributed by atoms with E-state index in [1.54, 1.807) is 11.2 Å². The summed E-state index contributed by atoms with van der Waals surface area (Å²) in [4.78, 5) is 6.93. The number of rotatable bonds is 4. The molecular weight excluding hydrogens is 298 g/mol. The van der Waals surface area contributed by atoms with Gasteiger partial charge in [0.05, 0.1) is 11.4 Å². The highest BCUT2D eigenvalue weighted by Gasteiger charge is 2.26. The fraction of sp³-hybridized carbons (Fsp3) is 0.688. The lowest BCUT2D eigenvalue weighted by Gasteiger charge is -2.34. The molecule has 0 amide bonds. The summed E-state index contributed by atoms with van der Waals surface area (Å²) in [5.74, 6) is 0.195. The summed E-state index contributed by atoms with van der Waals surface area (Å²) < 4.78 is 25.4. The minimum atomic E-state index is -3.04. The molecule has 6 heteroatoms. The molecule has 0 unspecified atom stereocenters. The van der Waals surface area contributed by atoms with Gasteiger partial charge in [-0.1, -0.05) is 0 Å². The van der Waals surface area contributed by atoms with Crippen LogP contribution in [-0.2, 0) is 29.4 Å². The predicted octanol–water partition coefficient (Wildman–Crippen LogP) is 1.43. The number of fused-ring (bicyclic) bond motifs is 1. The molecule has 5 nitrogen and oxygen atoms in total. The monoisotopic (exact) mass is 323 g/mol. The average molecular weight is 323 g/mol. The zero-order chi connectivity index (χ0) is 15.6. The maximum atomic E-state index is 11.9. The zero-order valence-corrected chi connectivity index (χ0v) is 14.1. The molecule has 0 spiro atoms. The third-order valence-corrected chi connectivity index (χ3v) is 6.71. The van der Waals surface area contributed by atoms with Crippen molar-refractivity contribution < 1.29 is 8.42 Å². The van der Waals surface area contributed by atoms with E-state index in [0.717, 1.165) is 26.1 Å². The van der Waals surface area contributed by atoms with Crippen LogP contribution in [0.3, 0.4) is 0 Å². The lowest BCUT2D eigenvalue weighted by Crippen LogP contribution is -2.48. The van der Waals surface area contributed by atoms with Crippen LogP contribution in [0.4, 0.5) is 0 Å². The maximum Gasteiger partial charge on any atom is 0.213 e. The molecule has 1 aromatic rings. The molecule has 22 heavy (non-hydrogen) atoms. The second-order valence-electron chi connectivity index (χ2n) is 6.18. The van der Waals surface area contributed by atoms with E-state index in [4.69, 9.17) is 0 Å². The molecule has 0 N–H and O–H groups in total. The van der Waals surface area contributed by atoms with E-state index >= 15 is 0 Å². The number of nitrogens with zero attached hydrogens (tertiary/aromatic N) is 3. The normalized spacial score (nSPS) is 20.8. The van der Waals surface area contributed by atoms with Gasteiger partial charge in [-0.05, 0) is 49.8 Å². The van der Waals surface area contributed by atoms with E-state index in [9.17, 15) is 8.42 Å². The topological polar surface area (TPSA) is 53.5 Å². The first-order chi connectivity index (χ1) is 10.6. The van der Waals surface area contributed by atoms with Crippen molar-refractivity contribution in [1.29, 1.82) is 0 Å². The van der Waals surface area contributed by atoms with Gasteiger partial charge in [-0.3, -0.25) is 9.88 Å². The molecule has 0 bridgehead atoms. The Hall–Kier alpha value is -0.980. The minimum Gasteiger partial charge on any atom is -0.295 e. The van der Waals surface area contributed by atoms with Crippen LogP contribution < -0.4 is 0 Å². The summed E-state index contributed by atoms with van der Waals surface area (Å²) in [7, 11) is -3.04. The molecule has 0 atom stereocenters. The van der Waals surface area contributed by atoms with Gasteiger partial charge in [0.1, 0.15) is 0 Å². The van der Waals surface area contributed by atoms with Crippen LogP contribution in [0.5, 0.6) is 0 Å². The first-order valence-electron chi connectivity index (χ1n) is 8.26. The van der Waals surface area contributed by atoms with E-state index in [1.165, 1.54) is 36.1 Å². The second-order valence-corrected chi connectivity index (χ2v) is 8.44. The maximum absolute atomic E-state index is 11.9. The Morgan fingerprint density at radius 2 is 1.86 bits per heavy atom. The summed E-state index contributed by atoms with van der Waals surface area (Å²) in [6.07, 6.45) is 6.78. The first-order valence-corrected chi connectivity index (χ1v) is 9.87. The number of aromatic nitrogens is 1. The first kappa shape index (κ1) is 15.9. The summed E-state index contributed by atoms with van der Waals surface area (Å²) in [6.45, 7) is 5.36. The van der Waals surface area contributed by atoms with Crippen molar-refractivity contribution in [2.45, 2.75) is 39.2 Å². The molecular formula is C16H25N3O2S. The fourth-order valence-electron chi connectivity index (χ4n) is 3.43. The van der Waals surface area contributed by atoms with Gasteiger partial charge < -0.3 is 0 Å². The summed E-state index contributed by atoms with van der Waals surface area (Å²) in [6, 6.07) is 2.16. The van der Waals surface area contributed by atoms with Gasteiger partial charge >= 0.3 is 0 Å². The largest absolute Gasteiger partial charge is 0.295 e. The summed E-state index contributed by atoms with van der Waals surface area (Å²) >= 11 is 0. The Bertz CT molecular complexity index is 622. The van der Waals surface area contributed by atoms with Crippen LogP contribution in [0.25, 0.3) is 0 Å². The number of hydrogen-bond donors (Lipinski definition) is 0. The van der Waals surface area contributed by atoms with Crippen LogP contribution in [0, 0.1) is 0 Å². The van der Waals surface area contributed by atoms with E-state index in [2.05, 4.69) is 16.0 Å². The molecule has 1 aromatic heterocycles. The Morgan fingerprint density at radius 1 is 1.14 bits per heavy atom. The zero-order valence-electron chi connectivity index (χ0n) is 13.3. The molecule has 0 aromatic carbocycles. The van der Waals surface area contributed by atoms with Crippen molar-refractivity contribution in [3.8, 4) is 0 Å². The van der Waals surface area contributed by atoms with Gasteiger partial charge in [-0.15, -0.1) is 0 Å². The van der Waals surface area contributed by atoms with Crippen LogP contribution in [0.2, 0.25) is 0 Å². The van der Waals surface area contributed by atoms with Crippen molar-refractivity contribution in [1.82, 2.24) is 14.2 Å². The minimum absolute atomic E-state index is 0.195. The van der Waals surface area contributed by atoms with E-state index in [-0.39, 0.29) is 5.75 Å². The fourth-order valence-corrected chi connectivity index (χ4v) is 4.52. The molecule has 1 aliphatic heterocycles. The summed E-state index contributed by atoms with van der Waals surface area (Å²) in [5, 5.41) is 0. The Morgan fingerprint density at radius 3 is 2.59 bits per heavy atom. The van der Waals surface area contributed by atoms with Gasteiger partial charge in [0, 0.05) is 38.9 Å². The number of sulfonamides is 1. The number of pyridine rings is 1. The highest BCUT2D eigenvalue weighted by molar-refractivity contribution is 7.89. The Kier molecular flexibility index (Phi) is 4.80. The quantitative estimate of drug-likeness (QED) is 0.841. The number of aryl methyl sites for hydroxylation is 1. The molecule has 2 aliphatic rings. The van der Waals surface area contributed by atoms with Crippen molar-refractivity contribution >= 4 is 10.0 Å². The second kappa shape index (κ2) is 6.64. The SMILES string of the molecule is CCS(=O)(=O)N1CCN(Cc2nccc3c2CCCC3)CC1. The summed E-state index contributed by atoms with van der Waals surface area (Å²) in [5.41, 5.74) is 4.10. The van der Waals surface area contributed by atoms with Gasteiger partial charge in [-0.25, -0.2) is 8.42 Å². The van der Waals surface area contributed by atoms with Crippen LogP contribution >= 0.6 is 0 Å². The van der Waals surface area contributed by atoms with Crippen molar-refractivity contribution in [3.63, 3.8) is 0 Å². The van der Waals surface area contributed by atoms with Crippen molar-refractivity contribution in [2.75, 3.05) is 31.9 Å². The lowest BCUT2D eigenvalue weighted by molar-refractivity contribution is 0.179. The lowest BCUT2D eigenvalue weighted by atomic mass is 9.91. The van der Waals surface area contributed by atoms with Gasteiger partial charge in [-0.2, -0.15) is 4.31 Å². The van der Waals surface area contributed by atoms with Crippen LogP contribution in [-0.4, -0.2) is 54.5 Å². The highest BCUT2D eigenvalue weighted by Crippen LogP contribution is 2.24. The third-order valence-electron chi connectivity index (χ3n) is 4.83. The average Bonchev–Trinajstić information content (AvgIpc) is 2.56. The predicted molar refractivity (Wildman–Crippen MR) is 87.2 cm³/mol. The smallest absolute Gasteiger partial charge is 0.213 e.